The predicted molar refractivity (Wildman–Crippen MR) is 202 cm³/mol. The zero-order valence-electron chi connectivity index (χ0n) is 29.0. The van der Waals surface area contributed by atoms with Gasteiger partial charge in [-0.25, -0.2) is 4.98 Å². The van der Waals surface area contributed by atoms with Crippen LogP contribution in [0.1, 0.15) is 76.0 Å². The van der Waals surface area contributed by atoms with Crippen LogP contribution in [0.25, 0.3) is 22.4 Å². The fourth-order valence-electron chi connectivity index (χ4n) is 9.72. The molecule has 0 radical (unpaired) electrons. The van der Waals surface area contributed by atoms with E-state index < -0.39 is 18.0 Å². The van der Waals surface area contributed by atoms with Crippen molar-refractivity contribution in [3.05, 3.63) is 81.8 Å². The van der Waals surface area contributed by atoms with E-state index in [0.29, 0.717) is 15.5 Å². The third-order valence-electron chi connectivity index (χ3n) is 11.6. The Kier molecular flexibility index (Phi) is 9.90. The molecule has 2 atom stereocenters. The summed E-state index contributed by atoms with van der Waals surface area (Å²) in [6, 6.07) is 18.5. The van der Waals surface area contributed by atoms with Gasteiger partial charge in [-0.05, 0) is 142 Å². The Labute approximate surface area is 304 Å². The first kappa shape index (κ1) is 34.8. The molecule has 0 aliphatic heterocycles. The number of hydrogen-bond acceptors (Lipinski definition) is 5. The molecule has 1 heterocycles. The quantitative estimate of drug-likeness (QED) is 0.131. The van der Waals surface area contributed by atoms with Gasteiger partial charge in [0.15, 0.2) is 0 Å². The molecule has 264 valence electrons. The van der Waals surface area contributed by atoms with E-state index in [1.165, 1.54) is 44.2 Å². The van der Waals surface area contributed by atoms with E-state index in [-0.39, 0.29) is 18.7 Å². The van der Waals surface area contributed by atoms with E-state index >= 15 is 0 Å². The Morgan fingerprint density at radius 1 is 0.940 bits per heavy atom. The summed E-state index contributed by atoms with van der Waals surface area (Å²) >= 11 is 12.2. The van der Waals surface area contributed by atoms with Crippen molar-refractivity contribution in [3.8, 4) is 11.4 Å². The standard InChI is InChI=1S/C40H48Cl2N6O2/c1-3-47(4-2)30-9-6-28(7-10-30)38-45-35-18-29(8-12-36(35)48(38)23-40-20-25-13-26(21-40)15-27(14-25)22-40)34(19-37(44)49)46-39(50)33(43)17-24-5-11-31(41)32(42)16-24/h5-12,16,18,25-27,33-34H,3-4,13-15,17,19-23,43H2,1-2H3,(H2,44,49)(H,46,50)/t25?,26?,27?,33-,34?,40?/m0/s1. The van der Waals surface area contributed by atoms with Crippen LogP contribution in [0.5, 0.6) is 0 Å². The maximum atomic E-state index is 13.4. The molecule has 4 aromatic rings. The van der Waals surface area contributed by atoms with Gasteiger partial charge < -0.3 is 26.3 Å². The molecule has 0 spiro atoms. The second kappa shape index (κ2) is 14.2. The zero-order valence-corrected chi connectivity index (χ0v) is 30.5. The lowest BCUT2D eigenvalue weighted by Gasteiger charge is -2.57. The van der Waals surface area contributed by atoms with Crippen LogP contribution in [0, 0.1) is 23.2 Å². The minimum atomic E-state index is -0.864. The van der Waals surface area contributed by atoms with Crippen molar-refractivity contribution < 1.29 is 9.59 Å². The smallest absolute Gasteiger partial charge is 0.237 e. The van der Waals surface area contributed by atoms with Crippen molar-refractivity contribution in [2.75, 3.05) is 18.0 Å². The topological polar surface area (TPSA) is 119 Å². The number of anilines is 1. The predicted octanol–water partition coefficient (Wildman–Crippen LogP) is 7.68. The van der Waals surface area contributed by atoms with E-state index in [1.807, 2.05) is 12.1 Å². The summed E-state index contributed by atoms with van der Waals surface area (Å²) in [5, 5.41) is 3.83. The summed E-state index contributed by atoms with van der Waals surface area (Å²) in [6.45, 7) is 7.21. The van der Waals surface area contributed by atoms with Gasteiger partial charge in [0.25, 0.3) is 0 Å². The number of imidazole rings is 1. The van der Waals surface area contributed by atoms with Gasteiger partial charge in [0, 0.05) is 30.9 Å². The summed E-state index contributed by atoms with van der Waals surface area (Å²) in [7, 11) is 0. The lowest BCUT2D eigenvalue weighted by molar-refractivity contribution is -0.123. The average molecular weight is 716 g/mol. The highest BCUT2D eigenvalue weighted by Gasteiger charge is 2.51. The highest BCUT2D eigenvalue weighted by molar-refractivity contribution is 6.42. The van der Waals surface area contributed by atoms with Crippen molar-refractivity contribution in [1.29, 1.82) is 0 Å². The minimum absolute atomic E-state index is 0.0651. The Bertz CT molecular complexity index is 1850. The van der Waals surface area contributed by atoms with Gasteiger partial charge in [-0.3, -0.25) is 9.59 Å². The molecule has 1 unspecified atom stereocenters. The molecular weight excluding hydrogens is 667 g/mol. The van der Waals surface area contributed by atoms with Crippen molar-refractivity contribution in [3.63, 3.8) is 0 Å². The van der Waals surface area contributed by atoms with Gasteiger partial charge in [0.1, 0.15) is 5.82 Å². The SMILES string of the molecule is CCN(CC)c1ccc(-c2nc3cc(C(CC(N)=O)NC(=O)[C@@H](N)Cc4ccc(Cl)c(Cl)c4)ccc3n2CC23CC4CC(CC(C4)C2)C3)cc1. The lowest BCUT2D eigenvalue weighted by Crippen LogP contribution is -2.47. The van der Waals surface area contributed by atoms with Gasteiger partial charge in [0.2, 0.25) is 11.8 Å². The number of benzene rings is 3. The molecule has 4 aliphatic carbocycles. The van der Waals surface area contributed by atoms with E-state index in [9.17, 15) is 9.59 Å². The largest absolute Gasteiger partial charge is 0.372 e. The number of nitrogens with zero attached hydrogens (tertiary/aromatic N) is 3. The number of rotatable bonds is 13. The highest BCUT2D eigenvalue weighted by Crippen LogP contribution is 2.61. The van der Waals surface area contributed by atoms with Gasteiger partial charge in [-0.2, -0.15) is 0 Å². The number of fused-ring (bicyclic) bond motifs is 1. The molecule has 5 N–H and O–H groups in total. The molecule has 4 bridgehead atoms. The van der Waals surface area contributed by atoms with Crippen molar-refractivity contribution in [2.24, 2.45) is 34.6 Å². The summed E-state index contributed by atoms with van der Waals surface area (Å²) < 4.78 is 2.45. The first-order chi connectivity index (χ1) is 24.0. The van der Waals surface area contributed by atoms with Gasteiger partial charge in [0.05, 0.1) is 39.6 Å². The molecule has 4 aliphatic rings. The van der Waals surface area contributed by atoms with Crippen LogP contribution in [-0.4, -0.2) is 40.5 Å². The number of halogens is 2. The molecule has 50 heavy (non-hydrogen) atoms. The Morgan fingerprint density at radius 2 is 1.60 bits per heavy atom. The fraction of sp³-hybridized carbons (Fsp3) is 0.475. The normalized spacial score (nSPS) is 23.6. The first-order valence-corrected chi connectivity index (χ1v) is 18.9. The third-order valence-corrected chi connectivity index (χ3v) is 12.3. The van der Waals surface area contributed by atoms with Crippen molar-refractivity contribution >= 4 is 51.7 Å². The Balaban J connectivity index is 1.21. The number of nitrogens with two attached hydrogens (primary N) is 2. The minimum Gasteiger partial charge on any atom is -0.372 e. The Hall–Kier alpha value is -3.59. The Morgan fingerprint density at radius 3 is 2.20 bits per heavy atom. The first-order valence-electron chi connectivity index (χ1n) is 18.2. The molecule has 4 fully saturated rings. The number of carbonyl (C=O) groups is 2. The number of carbonyl (C=O) groups excluding carboxylic acids is 2. The van der Waals surface area contributed by atoms with E-state index in [4.69, 9.17) is 39.7 Å². The molecule has 4 saturated carbocycles. The van der Waals surface area contributed by atoms with Crippen molar-refractivity contribution in [2.45, 2.75) is 83.8 Å². The molecule has 2 amide bonds. The second-order valence-corrected chi connectivity index (χ2v) is 16.0. The number of nitrogens with one attached hydrogen (secondary N) is 1. The van der Waals surface area contributed by atoms with Crippen LogP contribution in [0.3, 0.4) is 0 Å². The van der Waals surface area contributed by atoms with Crippen LogP contribution in [0.15, 0.2) is 60.7 Å². The van der Waals surface area contributed by atoms with Crippen LogP contribution >= 0.6 is 23.2 Å². The summed E-state index contributed by atoms with van der Waals surface area (Å²) in [5.74, 6) is 2.60. The number of aromatic nitrogens is 2. The van der Waals surface area contributed by atoms with E-state index in [2.05, 4.69) is 59.0 Å². The molecule has 1 aromatic heterocycles. The average Bonchev–Trinajstić information content (AvgIpc) is 3.42. The summed E-state index contributed by atoms with van der Waals surface area (Å²) in [6.07, 6.45) is 8.29. The maximum absolute atomic E-state index is 13.4. The van der Waals surface area contributed by atoms with Crippen molar-refractivity contribution in [1.82, 2.24) is 14.9 Å². The summed E-state index contributed by atoms with van der Waals surface area (Å²) in [4.78, 5) is 33.3. The van der Waals surface area contributed by atoms with E-state index in [0.717, 1.165) is 70.9 Å². The molecular formula is C40H48Cl2N6O2. The van der Waals surface area contributed by atoms with Crippen LogP contribution in [-0.2, 0) is 22.6 Å². The highest BCUT2D eigenvalue weighted by atomic mass is 35.5. The van der Waals surface area contributed by atoms with Crippen LogP contribution in [0.2, 0.25) is 10.0 Å². The molecule has 10 heteroatoms. The maximum Gasteiger partial charge on any atom is 0.237 e. The molecule has 0 saturated heterocycles. The fourth-order valence-corrected chi connectivity index (χ4v) is 10.0. The van der Waals surface area contributed by atoms with Gasteiger partial charge >= 0.3 is 0 Å². The second-order valence-electron chi connectivity index (χ2n) is 15.2. The lowest BCUT2D eigenvalue weighted by atomic mass is 9.49. The summed E-state index contributed by atoms with van der Waals surface area (Å²) in [5.41, 5.74) is 18.1. The molecule has 8 rings (SSSR count). The molecule has 3 aromatic carbocycles. The number of amides is 2. The zero-order chi connectivity index (χ0) is 35.2. The van der Waals surface area contributed by atoms with Crippen LogP contribution < -0.4 is 21.7 Å². The van der Waals surface area contributed by atoms with E-state index in [1.54, 1.807) is 18.2 Å². The monoisotopic (exact) mass is 714 g/mol. The van der Waals surface area contributed by atoms with Crippen LogP contribution in [0.4, 0.5) is 5.69 Å². The third kappa shape index (κ3) is 7.12. The van der Waals surface area contributed by atoms with Gasteiger partial charge in [-0.1, -0.05) is 35.3 Å². The van der Waals surface area contributed by atoms with Gasteiger partial charge in [-0.15, -0.1) is 0 Å². The molecule has 8 nitrogen and oxygen atoms in total. The number of primary amides is 1. The number of hydrogen-bond donors (Lipinski definition) is 3.